The molecule has 2 rings (SSSR count). The van der Waals surface area contributed by atoms with Gasteiger partial charge in [-0.2, -0.15) is 0 Å². The Balaban J connectivity index is 2.55. The van der Waals surface area contributed by atoms with Crippen LogP contribution >= 0.6 is 0 Å². The molecule has 0 aliphatic carbocycles. The third-order valence-electron chi connectivity index (χ3n) is 2.63. The van der Waals surface area contributed by atoms with E-state index in [1.807, 2.05) is 19.1 Å². The molecule has 0 saturated carbocycles. The Morgan fingerprint density at radius 2 is 2.27 bits per heavy atom. The van der Waals surface area contributed by atoms with Crippen LogP contribution in [-0.2, 0) is 9.59 Å². The molecule has 0 aromatic heterocycles. The molecular weight excluding hydrogens is 194 g/mol. The van der Waals surface area contributed by atoms with E-state index in [2.05, 4.69) is 5.32 Å². The number of carbonyl (C=O) groups excluding carboxylic acids is 1. The van der Waals surface area contributed by atoms with E-state index in [-0.39, 0.29) is 12.3 Å². The van der Waals surface area contributed by atoms with Crippen LogP contribution in [0.4, 0.5) is 5.69 Å². The lowest BCUT2D eigenvalue weighted by Gasteiger charge is -2.23. The summed E-state index contributed by atoms with van der Waals surface area (Å²) >= 11 is 0. The molecule has 1 aliphatic rings. The molecule has 0 bridgehead atoms. The highest BCUT2D eigenvalue weighted by Gasteiger charge is 2.30. The average Bonchev–Trinajstić information content (AvgIpc) is 2.18. The van der Waals surface area contributed by atoms with Crippen molar-refractivity contribution in [3.05, 3.63) is 29.3 Å². The van der Waals surface area contributed by atoms with Crippen LogP contribution < -0.4 is 5.32 Å². The summed E-state index contributed by atoms with van der Waals surface area (Å²) in [6.07, 6.45) is 0.0196. The van der Waals surface area contributed by atoms with Crippen LogP contribution in [0.3, 0.4) is 0 Å². The second kappa shape index (κ2) is 3.38. The van der Waals surface area contributed by atoms with Crippen molar-refractivity contribution < 1.29 is 14.7 Å². The van der Waals surface area contributed by atoms with Crippen LogP contribution in [0.15, 0.2) is 18.2 Å². The minimum Gasteiger partial charge on any atom is -0.481 e. The molecule has 1 amide bonds. The molecule has 1 heterocycles. The molecule has 1 aromatic rings. The van der Waals surface area contributed by atoms with Gasteiger partial charge < -0.3 is 10.4 Å². The summed E-state index contributed by atoms with van der Waals surface area (Å²) < 4.78 is 0. The molecule has 2 N–H and O–H groups in total. The molecule has 78 valence electrons. The maximum absolute atomic E-state index is 11.3. The first kappa shape index (κ1) is 9.71. The summed E-state index contributed by atoms with van der Waals surface area (Å²) in [6, 6.07) is 5.41. The summed E-state index contributed by atoms with van der Waals surface area (Å²) in [7, 11) is 0. The number of aliphatic carboxylic acids is 1. The molecule has 1 aliphatic heterocycles. The highest BCUT2D eigenvalue weighted by Crippen LogP contribution is 2.34. The lowest BCUT2D eigenvalue weighted by molar-refractivity contribution is -0.140. The van der Waals surface area contributed by atoms with Gasteiger partial charge in [0.25, 0.3) is 0 Å². The van der Waals surface area contributed by atoms with Gasteiger partial charge in [0.2, 0.25) is 5.91 Å². The Bertz CT molecular complexity index is 439. The number of fused-ring (bicyclic) bond motifs is 1. The maximum atomic E-state index is 11.3. The van der Waals surface area contributed by atoms with Gasteiger partial charge in [0.15, 0.2) is 0 Å². The van der Waals surface area contributed by atoms with Crippen molar-refractivity contribution in [2.24, 2.45) is 0 Å². The number of carbonyl (C=O) groups is 2. The van der Waals surface area contributed by atoms with Gasteiger partial charge in [0.05, 0.1) is 5.92 Å². The zero-order chi connectivity index (χ0) is 11.0. The van der Waals surface area contributed by atoms with Crippen LogP contribution in [0.25, 0.3) is 0 Å². The van der Waals surface area contributed by atoms with Crippen LogP contribution in [0.5, 0.6) is 0 Å². The summed E-state index contributed by atoms with van der Waals surface area (Å²) in [5.41, 5.74) is 2.25. The van der Waals surface area contributed by atoms with Crippen LogP contribution in [0.1, 0.15) is 23.5 Å². The number of benzene rings is 1. The zero-order valence-electron chi connectivity index (χ0n) is 8.28. The molecule has 0 unspecified atom stereocenters. The van der Waals surface area contributed by atoms with Gasteiger partial charge in [0.1, 0.15) is 0 Å². The average molecular weight is 205 g/mol. The minimum absolute atomic E-state index is 0.0196. The smallest absolute Gasteiger partial charge is 0.311 e. The fourth-order valence-corrected chi connectivity index (χ4v) is 1.86. The van der Waals surface area contributed by atoms with Gasteiger partial charge in [0, 0.05) is 12.1 Å². The van der Waals surface area contributed by atoms with Gasteiger partial charge in [-0.15, -0.1) is 0 Å². The molecule has 0 spiro atoms. The lowest BCUT2D eigenvalue weighted by atomic mass is 9.89. The number of aryl methyl sites for hydroxylation is 1. The van der Waals surface area contributed by atoms with E-state index in [1.165, 1.54) is 0 Å². The van der Waals surface area contributed by atoms with E-state index < -0.39 is 11.9 Å². The fraction of sp³-hybridized carbons (Fsp3) is 0.273. The molecule has 1 atom stereocenters. The number of nitrogens with one attached hydrogen (secondary N) is 1. The van der Waals surface area contributed by atoms with Gasteiger partial charge in [-0.25, -0.2) is 0 Å². The highest BCUT2D eigenvalue weighted by molar-refractivity contribution is 6.00. The number of hydrogen-bond donors (Lipinski definition) is 2. The largest absolute Gasteiger partial charge is 0.481 e. The van der Waals surface area contributed by atoms with Crippen LogP contribution in [0.2, 0.25) is 0 Å². The van der Waals surface area contributed by atoms with Gasteiger partial charge in [-0.3, -0.25) is 9.59 Å². The van der Waals surface area contributed by atoms with E-state index in [1.54, 1.807) is 6.07 Å². The van der Waals surface area contributed by atoms with E-state index in [9.17, 15) is 9.59 Å². The van der Waals surface area contributed by atoms with Crippen molar-refractivity contribution in [2.75, 3.05) is 5.32 Å². The SMILES string of the molecule is Cc1cccc2c1NC(=O)C[C@H]2C(=O)O. The zero-order valence-corrected chi connectivity index (χ0v) is 8.28. The van der Waals surface area contributed by atoms with Crippen molar-refractivity contribution in [3.63, 3.8) is 0 Å². The molecular formula is C11H11NO3. The Kier molecular flexibility index (Phi) is 2.19. The number of carboxylic acids is 1. The van der Waals surface area contributed by atoms with Crippen molar-refractivity contribution >= 4 is 17.6 Å². The predicted octanol–water partition coefficient (Wildman–Crippen LogP) is 1.51. The quantitative estimate of drug-likeness (QED) is 0.730. The minimum atomic E-state index is -0.948. The lowest BCUT2D eigenvalue weighted by Crippen LogP contribution is -2.27. The monoisotopic (exact) mass is 205 g/mol. The Morgan fingerprint density at radius 1 is 1.53 bits per heavy atom. The summed E-state index contributed by atoms with van der Waals surface area (Å²) in [6.45, 7) is 1.85. The molecule has 4 nitrogen and oxygen atoms in total. The number of anilines is 1. The third kappa shape index (κ3) is 1.58. The Labute approximate surface area is 86.9 Å². The van der Waals surface area contributed by atoms with Crippen LogP contribution in [-0.4, -0.2) is 17.0 Å². The number of hydrogen-bond acceptors (Lipinski definition) is 2. The van der Waals surface area contributed by atoms with Crippen molar-refractivity contribution in [1.82, 2.24) is 0 Å². The van der Waals surface area contributed by atoms with Gasteiger partial charge >= 0.3 is 5.97 Å². The van der Waals surface area contributed by atoms with Crippen molar-refractivity contribution in [3.8, 4) is 0 Å². The van der Waals surface area contributed by atoms with E-state index in [0.29, 0.717) is 11.3 Å². The number of carboxylic acid groups (broad SMARTS) is 1. The maximum Gasteiger partial charge on any atom is 0.311 e. The van der Waals surface area contributed by atoms with E-state index in [0.717, 1.165) is 5.56 Å². The number of para-hydroxylation sites is 1. The molecule has 4 heteroatoms. The molecule has 0 fully saturated rings. The Hall–Kier alpha value is -1.84. The highest BCUT2D eigenvalue weighted by atomic mass is 16.4. The first-order valence-corrected chi connectivity index (χ1v) is 4.72. The summed E-state index contributed by atoms with van der Waals surface area (Å²) in [5, 5.41) is 11.7. The molecule has 1 aromatic carbocycles. The summed E-state index contributed by atoms with van der Waals surface area (Å²) in [5.74, 6) is -1.89. The number of amides is 1. The second-order valence-electron chi connectivity index (χ2n) is 3.68. The van der Waals surface area contributed by atoms with Crippen molar-refractivity contribution in [2.45, 2.75) is 19.3 Å². The van der Waals surface area contributed by atoms with Crippen LogP contribution in [0, 0.1) is 6.92 Å². The predicted molar refractivity (Wildman–Crippen MR) is 54.8 cm³/mol. The second-order valence-corrected chi connectivity index (χ2v) is 3.68. The normalized spacial score (nSPS) is 19.3. The van der Waals surface area contributed by atoms with Gasteiger partial charge in [-0.05, 0) is 18.1 Å². The standard InChI is InChI=1S/C11H11NO3/c1-6-3-2-4-7-8(11(14)15)5-9(13)12-10(6)7/h2-4,8H,5H2,1H3,(H,12,13)(H,14,15)/t8-/m1/s1. The first-order valence-electron chi connectivity index (χ1n) is 4.72. The third-order valence-corrected chi connectivity index (χ3v) is 2.63. The molecule has 0 radical (unpaired) electrons. The number of rotatable bonds is 1. The fourth-order valence-electron chi connectivity index (χ4n) is 1.86. The topological polar surface area (TPSA) is 66.4 Å². The summed E-state index contributed by atoms with van der Waals surface area (Å²) in [4.78, 5) is 22.3. The molecule has 0 saturated heterocycles. The van der Waals surface area contributed by atoms with Crippen molar-refractivity contribution in [1.29, 1.82) is 0 Å². The van der Waals surface area contributed by atoms with Gasteiger partial charge in [-0.1, -0.05) is 18.2 Å². The van der Waals surface area contributed by atoms with E-state index >= 15 is 0 Å². The van der Waals surface area contributed by atoms with E-state index in [4.69, 9.17) is 5.11 Å². The molecule has 15 heavy (non-hydrogen) atoms. The Morgan fingerprint density at radius 3 is 2.93 bits per heavy atom. The first-order chi connectivity index (χ1) is 7.09.